The summed E-state index contributed by atoms with van der Waals surface area (Å²) in [5, 5.41) is 11.4. The number of piperidine rings is 1. The molecule has 146 valence electrons. The second-order valence-corrected chi connectivity index (χ2v) is 7.11. The largest absolute Gasteiger partial charge is 0.342 e. The van der Waals surface area contributed by atoms with Gasteiger partial charge in [0.1, 0.15) is 11.6 Å². The van der Waals surface area contributed by atoms with Crippen molar-refractivity contribution in [3.63, 3.8) is 0 Å². The molecule has 0 aliphatic carbocycles. The van der Waals surface area contributed by atoms with Gasteiger partial charge in [0.05, 0.1) is 18.8 Å². The number of nitrogens with zero attached hydrogens (tertiary/aromatic N) is 8. The second-order valence-electron chi connectivity index (χ2n) is 7.11. The number of aromatic nitrogens is 7. The molecular formula is C19H24N8O. The van der Waals surface area contributed by atoms with Gasteiger partial charge in [-0.3, -0.25) is 9.78 Å². The Morgan fingerprint density at radius 3 is 2.96 bits per heavy atom. The molecule has 9 nitrogen and oxygen atoms in total. The topological polar surface area (TPSA) is 94.6 Å². The minimum Gasteiger partial charge on any atom is -0.342 e. The first-order valence-corrected chi connectivity index (χ1v) is 9.62. The van der Waals surface area contributed by atoms with Gasteiger partial charge in [0.2, 0.25) is 5.91 Å². The van der Waals surface area contributed by atoms with Gasteiger partial charge < -0.3 is 9.47 Å². The number of likely N-dealkylation sites (tertiary alicyclic amines) is 1. The smallest absolute Gasteiger partial charge is 0.224 e. The Hall–Kier alpha value is -3.10. The van der Waals surface area contributed by atoms with Crippen molar-refractivity contribution >= 4 is 5.91 Å². The summed E-state index contributed by atoms with van der Waals surface area (Å²) in [7, 11) is 0. The molecule has 1 saturated heterocycles. The maximum absolute atomic E-state index is 12.7. The lowest BCUT2D eigenvalue weighted by atomic mass is 9.96. The van der Waals surface area contributed by atoms with E-state index in [1.807, 2.05) is 42.4 Å². The highest BCUT2D eigenvalue weighted by Crippen LogP contribution is 2.26. The van der Waals surface area contributed by atoms with E-state index in [1.165, 1.54) is 0 Å². The SMILES string of the molecule is Cc1nnnn1CCC(=O)N1CCC[C@@H](c2nccn2Cc2ccccn2)C1. The number of rotatable bonds is 6. The maximum Gasteiger partial charge on any atom is 0.224 e. The number of carbonyl (C=O) groups excluding carboxylic acids is 1. The molecule has 0 aromatic carbocycles. The monoisotopic (exact) mass is 380 g/mol. The normalized spacial score (nSPS) is 17.0. The third kappa shape index (κ3) is 4.08. The van der Waals surface area contributed by atoms with Gasteiger partial charge in [0.15, 0.2) is 0 Å². The molecule has 0 radical (unpaired) electrons. The number of hydrogen-bond acceptors (Lipinski definition) is 6. The van der Waals surface area contributed by atoms with E-state index in [0.717, 1.165) is 36.7 Å². The molecule has 1 amide bonds. The zero-order valence-electron chi connectivity index (χ0n) is 16.0. The number of tetrazole rings is 1. The summed E-state index contributed by atoms with van der Waals surface area (Å²) in [6, 6.07) is 5.92. The lowest BCUT2D eigenvalue weighted by Gasteiger charge is -2.32. The highest BCUT2D eigenvalue weighted by Gasteiger charge is 2.27. The third-order valence-electron chi connectivity index (χ3n) is 5.19. The number of amides is 1. The van der Waals surface area contributed by atoms with Gasteiger partial charge in [-0.05, 0) is 42.3 Å². The van der Waals surface area contributed by atoms with Gasteiger partial charge in [-0.2, -0.15) is 0 Å². The zero-order chi connectivity index (χ0) is 19.3. The van der Waals surface area contributed by atoms with Gasteiger partial charge in [0, 0.05) is 44.0 Å². The van der Waals surface area contributed by atoms with E-state index in [-0.39, 0.29) is 11.8 Å². The van der Waals surface area contributed by atoms with Gasteiger partial charge >= 0.3 is 0 Å². The molecule has 4 rings (SSSR count). The van der Waals surface area contributed by atoms with Crippen LogP contribution in [0.5, 0.6) is 0 Å². The summed E-state index contributed by atoms with van der Waals surface area (Å²) in [6.45, 7) is 4.53. The van der Waals surface area contributed by atoms with Crippen molar-refractivity contribution in [2.75, 3.05) is 13.1 Å². The lowest BCUT2D eigenvalue weighted by molar-refractivity contribution is -0.132. The number of pyridine rings is 1. The van der Waals surface area contributed by atoms with Gasteiger partial charge in [-0.25, -0.2) is 9.67 Å². The molecule has 3 aromatic heterocycles. The van der Waals surface area contributed by atoms with Gasteiger partial charge in [-0.15, -0.1) is 5.10 Å². The standard InChI is InChI=1S/C19H24N8O/c1-15-22-23-24-27(15)11-7-18(28)25-10-4-5-16(13-25)19-21-9-12-26(19)14-17-6-2-3-8-20-17/h2-3,6,8-9,12,16H,4-5,7,10-11,13-14H2,1H3/t16-/m1/s1. The van der Waals surface area contributed by atoms with E-state index in [4.69, 9.17) is 0 Å². The summed E-state index contributed by atoms with van der Waals surface area (Å²) in [5.74, 6) is 2.13. The van der Waals surface area contributed by atoms with E-state index in [9.17, 15) is 4.79 Å². The van der Waals surface area contributed by atoms with Crippen molar-refractivity contribution in [3.8, 4) is 0 Å². The Morgan fingerprint density at radius 1 is 1.25 bits per heavy atom. The molecule has 1 aliphatic heterocycles. The Kier molecular flexibility index (Phi) is 5.41. The first-order chi connectivity index (χ1) is 13.7. The van der Waals surface area contributed by atoms with Crippen LogP contribution in [-0.4, -0.2) is 58.6 Å². The van der Waals surface area contributed by atoms with E-state index in [2.05, 4.69) is 30.1 Å². The Labute approximate surface area is 163 Å². The molecule has 1 atom stereocenters. The van der Waals surface area contributed by atoms with Crippen molar-refractivity contribution in [2.24, 2.45) is 0 Å². The Bertz CT molecular complexity index is 919. The second kappa shape index (κ2) is 8.28. The van der Waals surface area contributed by atoms with E-state index < -0.39 is 0 Å². The predicted molar refractivity (Wildman–Crippen MR) is 101 cm³/mol. The van der Waals surface area contributed by atoms with E-state index >= 15 is 0 Å². The highest BCUT2D eigenvalue weighted by molar-refractivity contribution is 5.76. The lowest BCUT2D eigenvalue weighted by Crippen LogP contribution is -2.40. The molecular weight excluding hydrogens is 356 g/mol. The molecule has 4 heterocycles. The quantitative estimate of drug-likeness (QED) is 0.642. The highest BCUT2D eigenvalue weighted by atomic mass is 16.2. The van der Waals surface area contributed by atoms with Crippen LogP contribution in [0, 0.1) is 6.92 Å². The van der Waals surface area contributed by atoms with Crippen molar-refractivity contribution < 1.29 is 4.79 Å². The van der Waals surface area contributed by atoms with E-state index in [1.54, 1.807) is 10.9 Å². The van der Waals surface area contributed by atoms with Crippen LogP contribution in [0.15, 0.2) is 36.8 Å². The van der Waals surface area contributed by atoms with Crippen LogP contribution in [0.1, 0.15) is 42.5 Å². The van der Waals surface area contributed by atoms with Crippen LogP contribution in [0.4, 0.5) is 0 Å². The first-order valence-electron chi connectivity index (χ1n) is 9.62. The summed E-state index contributed by atoms with van der Waals surface area (Å²) in [4.78, 5) is 23.7. The third-order valence-corrected chi connectivity index (χ3v) is 5.19. The van der Waals surface area contributed by atoms with E-state index in [0.29, 0.717) is 26.1 Å². The fraction of sp³-hybridized carbons (Fsp3) is 0.474. The molecule has 28 heavy (non-hydrogen) atoms. The fourth-order valence-electron chi connectivity index (χ4n) is 3.71. The summed E-state index contributed by atoms with van der Waals surface area (Å²) in [6.07, 6.45) is 8.05. The van der Waals surface area contributed by atoms with Crippen molar-refractivity contribution in [3.05, 3.63) is 54.1 Å². The fourth-order valence-corrected chi connectivity index (χ4v) is 3.71. The van der Waals surface area contributed by atoms with Gasteiger partial charge in [0.25, 0.3) is 0 Å². The average molecular weight is 380 g/mol. The van der Waals surface area contributed by atoms with Crippen LogP contribution in [0.3, 0.4) is 0 Å². The minimum absolute atomic E-state index is 0.141. The van der Waals surface area contributed by atoms with Crippen molar-refractivity contribution in [1.82, 2.24) is 39.6 Å². The van der Waals surface area contributed by atoms with Crippen molar-refractivity contribution in [2.45, 2.75) is 45.2 Å². The Morgan fingerprint density at radius 2 is 2.18 bits per heavy atom. The molecule has 0 unspecified atom stereocenters. The van der Waals surface area contributed by atoms with Gasteiger partial charge in [-0.1, -0.05) is 6.07 Å². The summed E-state index contributed by atoms with van der Waals surface area (Å²) in [5.41, 5.74) is 1.00. The first kappa shape index (κ1) is 18.3. The number of aryl methyl sites for hydroxylation is 2. The molecule has 9 heteroatoms. The molecule has 0 saturated carbocycles. The molecule has 3 aromatic rings. The molecule has 0 spiro atoms. The van der Waals surface area contributed by atoms with Crippen LogP contribution in [-0.2, 0) is 17.9 Å². The molecule has 0 N–H and O–H groups in total. The predicted octanol–water partition coefficient (Wildman–Crippen LogP) is 1.42. The van der Waals surface area contributed by atoms with Crippen LogP contribution in [0.2, 0.25) is 0 Å². The zero-order valence-corrected chi connectivity index (χ0v) is 16.0. The number of carbonyl (C=O) groups is 1. The molecule has 1 fully saturated rings. The number of hydrogen-bond donors (Lipinski definition) is 0. The van der Waals surface area contributed by atoms with Crippen LogP contribution < -0.4 is 0 Å². The minimum atomic E-state index is 0.141. The summed E-state index contributed by atoms with van der Waals surface area (Å²) >= 11 is 0. The van der Waals surface area contributed by atoms with Crippen LogP contribution in [0.25, 0.3) is 0 Å². The number of imidazole rings is 1. The average Bonchev–Trinajstić information content (AvgIpc) is 3.36. The maximum atomic E-state index is 12.7. The molecule has 0 bridgehead atoms. The van der Waals surface area contributed by atoms with Crippen LogP contribution >= 0.6 is 0 Å². The van der Waals surface area contributed by atoms with Crippen molar-refractivity contribution in [1.29, 1.82) is 0 Å². The summed E-state index contributed by atoms with van der Waals surface area (Å²) < 4.78 is 3.81. The Balaban J connectivity index is 1.39. The molecule has 1 aliphatic rings.